The first-order valence-electron chi connectivity index (χ1n) is 7.50. The second kappa shape index (κ2) is 6.97. The van der Waals surface area contributed by atoms with Crippen molar-refractivity contribution in [2.75, 3.05) is 5.33 Å². The number of imidazole rings is 1. The Morgan fingerprint density at radius 3 is 2.48 bits per heavy atom. The minimum atomic E-state index is -0.424. The van der Waals surface area contributed by atoms with Gasteiger partial charge in [0.2, 0.25) is 0 Å². The topological polar surface area (TPSA) is 61.8 Å². The van der Waals surface area contributed by atoms with E-state index in [9.17, 15) is 9.59 Å². The van der Waals surface area contributed by atoms with Crippen LogP contribution in [0.4, 0.5) is 0 Å². The molecule has 0 fully saturated rings. The zero-order chi connectivity index (χ0) is 18.3. The monoisotopic (exact) mass is 444 g/mol. The van der Waals surface area contributed by atoms with Crippen molar-refractivity contribution in [3.05, 3.63) is 60.5 Å². The number of hydrogen-bond acceptors (Lipinski definition) is 3. The van der Waals surface area contributed by atoms with E-state index < -0.39 is 5.69 Å². The summed E-state index contributed by atoms with van der Waals surface area (Å²) in [6.07, 6.45) is 0.658. The molecule has 25 heavy (non-hydrogen) atoms. The number of fused-ring (bicyclic) bond motifs is 1. The van der Waals surface area contributed by atoms with Crippen LogP contribution in [0.15, 0.2) is 27.8 Å². The Hall–Kier alpha value is -1.57. The number of rotatable bonds is 4. The van der Waals surface area contributed by atoms with E-state index >= 15 is 0 Å². The summed E-state index contributed by atoms with van der Waals surface area (Å²) in [5.74, 6) is 0.742. The molecule has 2 aromatic heterocycles. The zero-order valence-electron chi connectivity index (χ0n) is 13.6. The summed E-state index contributed by atoms with van der Waals surface area (Å²) < 4.78 is 4.32. The van der Waals surface area contributed by atoms with Crippen LogP contribution < -0.4 is 11.2 Å². The second-order valence-electron chi connectivity index (χ2n) is 5.68. The third-order valence-electron chi connectivity index (χ3n) is 4.10. The van der Waals surface area contributed by atoms with E-state index in [0.29, 0.717) is 27.6 Å². The summed E-state index contributed by atoms with van der Waals surface area (Å²) >= 11 is 15.3. The lowest BCUT2D eigenvalue weighted by Gasteiger charge is -2.09. The van der Waals surface area contributed by atoms with Gasteiger partial charge in [-0.1, -0.05) is 45.2 Å². The quantitative estimate of drug-likeness (QED) is 0.580. The molecule has 0 saturated carbocycles. The summed E-state index contributed by atoms with van der Waals surface area (Å²) in [6, 6.07) is 5.04. The third-order valence-corrected chi connectivity index (χ3v) is 5.23. The molecule has 0 N–H and O–H groups in total. The van der Waals surface area contributed by atoms with E-state index in [-0.39, 0.29) is 12.1 Å². The van der Waals surface area contributed by atoms with Crippen molar-refractivity contribution in [2.24, 2.45) is 14.1 Å². The van der Waals surface area contributed by atoms with Gasteiger partial charge in [-0.15, -0.1) is 0 Å². The molecule has 0 amide bonds. The number of alkyl halides is 1. The molecule has 3 rings (SSSR count). The standard InChI is InChI=1S/C16H15BrCl2N4O2/c1-21-12(5-6-17)20-14-13(21)15(24)23(16(25)22(14)2)8-9-3-4-10(18)11(19)7-9/h3-4,7H,5-6,8H2,1-2H3. The molecule has 9 heteroatoms. The van der Waals surface area contributed by atoms with Crippen molar-refractivity contribution in [3.63, 3.8) is 0 Å². The summed E-state index contributed by atoms with van der Waals surface area (Å²) in [4.78, 5) is 30.0. The van der Waals surface area contributed by atoms with Crippen molar-refractivity contribution in [2.45, 2.75) is 13.0 Å². The molecule has 0 unspecified atom stereocenters. The zero-order valence-corrected chi connectivity index (χ0v) is 16.7. The molecule has 1 aromatic carbocycles. The van der Waals surface area contributed by atoms with Crippen molar-refractivity contribution in [1.29, 1.82) is 0 Å². The Morgan fingerprint density at radius 1 is 1.12 bits per heavy atom. The highest BCUT2D eigenvalue weighted by molar-refractivity contribution is 9.09. The lowest BCUT2D eigenvalue weighted by molar-refractivity contribution is 0.655. The number of halogens is 3. The summed E-state index contributed by atoms with van der Waals surface area (Å²) in [7, 11) is 3.39. The third kappa shape index (κ3) is 3.16. The minimum Gasteiger partial charge on any atom is -0.325 e. The highest BCUT2D eigenvalue weighted by Gasteiger charge is 2.18. The second-order valence-corrected chi connectivity index (χ2v) is 7.29. The SMILES string of the molecule is Cn1c(CCBr)nc2c1c(=O)n(Cc1ccc(Cl)c(Cl)c1)c(=O)n2C. The van der Waals surface area contributed by atoms with Crippen molar-refractivity contribution >= 4 is 50.3 Å². The van der Waals surface area contributed by atoms with E-state index in [0.717, 1.165) is 16.7 Å². The normalized spacial score (nSPS) is 11.4. The number of nitrogens with zero attached hydrogens (tertiary/aromatic N) is 4. The lowest BCUT2D eigenvalue weighted by atomic mass is 10.2. The predicted octanol–water partition coefficient (Wildman–Crippen LogP) is 2.73. The Kier molecular flexibility index (Phi) is 5.09. The molecule has 6 nitrogen and oxygen atoms in total. The van der Waals surface area contributed by atoms with Gasteiger partial charge in [0.1, 0.15) is 5.82 Å². The molecule has 0 aliphatic carbocycles. The van der Waals surface area contributed by atoms with Gasteiger partial charge in [0.05, 0.1) is 16.6 Å². The Morgan fingerprint density at radius 2 is 1.84 bits per heavy atom. The molecule has 0 bridgehead atoms. The molecule has 3 aromatic rings. The average molecular weight is 446 g/mol. The fraction of sp³-hybridized carbons (Fsp3) is 0.312. The number of hydrogen-bond donors (Lipinski definition) is 0. The molecule has 0 aliphatic heterocycles. The first-order valence-corrected chi connectivity index (χ1v) is 9.38. The van der Waals surface area contributed by atoms with E-state index in [4.69, 9.17) is 23.2 Å². The van der Waals surface area contributed by atoms with Gasteiger partial charge in [-0.25, -0.2) is 9.78 Å². The van der Waals surface area contributed by atoms with Gasteiger partial charge >= 0.3 is 5.69 Å². The Balaban J connectivity index is 2.21. The predicted molar refractivity (Wildman–Crippen MR) is 103 cm³/mol. The average Bonchev–Trinajstić information content (AvgIpc) is 2.90. The van der Waals surface area contributed by atoms with E-state index in [1.165, 1.54) is 9.13 Å². The van der Waals surface area contributed by atoms with E-state index in [1.54, 1.807) is 36.9 Å². The maximum Gasteiger partial charge on any atom is 0.332 e. The van der Waals surface area contributed by atoms with Crippen LogP contribution in [0, 0.1) is 0 Å². The Bertz CT molecular complexity index is 1080. The summed E-state index contributed by atoms with van der Waals surface area (Å²) in [6.45, 7) is 0.108. The van der Waals surface area contributed by atoms with Gasteiger partial charge in [0.25, 0.3) is 5.56 Å². The molecule has 132 valence electrons. The molecule has 0 spiro atoms. The van der Waals surface area contributed by atoms with Gasteiger partial charge in [0.15, 0.2) is 11.2 Å². The molecular formula is C16H15BrCl2N4O2. The molecule has 0 aliphatic rings. The van der Waals surface area contributed by atoms with Gasteiger partial charge in [-0.2, -0.15) is 0 Å². The fourth-order valence-electron chi connectivity index (χ4n) is 2.76. The van der Waals surface area contributed by atoms with Gasteiger partial charge in [0, 0.05) is 25.8 Å². The van der Waals surface area contributed by atoms with Crippen molar-refractivity contribution in [3.8, 4) is 0 Å². The molecule has 2 heterocycles. The van der Waals surface area contributed by atoms with Crippen LogP contribution in [0.3, 0.4) is 0 Å². The van der Waals surface area contributed by atoms with Crippen LogP contribution in [0.2, 0.25) is 10.0 Å². The highest BCUT2D eigenvalue weighted by Crippen LogP contribution is 2.22. The number of aryl methyl sites for hydroxylation is 3. The van der Waals surface area contributed by atoms with Gasteiger partial charge < -0.3 is 4.57 Å². The fourth-order valence-corrected chi connectivity index (χ4v) is 3.43. The van der Waals surface area contributed by atoms with Gasteiger partial charge in [-0.3, -0.25) is 13.9 Å². The highest BCUT2D eigenvalue weighted by atomic mass is 79.9. The minimum absolute atomic E-state index is 0.108. The summed E-state index contributed by atoms with van der Waals surface area (Å²) in [5.41, 5.74) is 0.708. The van der Waals surface area contributed by atoms with E-state index in [2.05, 4.69) is 20.9 Å². The molecule has 0 atom stereocenters. The van der Waals surface area contributed by atoms with Gasteiger partial charge in [-0.05, 0) is 17.7 Å². The van der Waals surface area contributed by atoms with Crippen molar-refractivity contribution in [1.82, 2.24) is 18.7 Å². The number of aromatic nitrogens is 4. The Labute approximate surface area is 161 Å². The van der Waals surface area contributed by atoms with Crippen LogP contribution in [-0.2, 0) is 27.1 Å². The molecular weight excluding hydrogens is 431 g/mol. The first kappa shape index (κ1) is 18.2. The molecule has 0 radical (unpaired) electrons. The number of benzene rings is 1. The molecule has 0 saturated heterocycles. The van der Waals surface area contributed by atoms with Crippen LogP contribution in [0.1, 0.15) is 11.4 Å². The first-order chi connectivity index (χ1) is 11.8. The maximum atomic E-state index is 12.9. The van der Waals surface area contributed by atoms with Crippen LogP contribution >= 0.6 is 39.1 Å². The largest absolute Gasteiger partial charge is 0.332 e. The van der Waals surface area contributed by atoms with Crippen molar-refractivity contribution < 1.29 is 0 Å². The van der Waals surface area contributed by atoms with Crippen LogP contribution in [0.5, 0.6) is 0 Å². The van der Waals surface area contributed by atoms with E-state index in [1.807, 2.05) is 0 Å². The smallest absolute Gasteiger partial charge is 0.325 e. The summed E-state index contributed by atoms with van der Waals surface area (Å²) in [5, 5.41) is 1.52. The van der Waals surface area contributed by atoms with Crippen LogP contribution in [-0.4, -0.2) is 24.0 Å². The van der Waals surface area contributed by atoms with Crippen LogP contribution in [0.25, 0.3) is 11.2 Å². The lowest BCUT2D eigenvalue weighted by Crippen LogP contribution is -2.39. The maximum absolute atomic E-state index is 12.9.